The third-order valence-electron chi connectivity index (χ3n) is 0.737. The van der Waals surface area contributed by atoms with E-state index in [9.17, 15) is 8.60 Å². The van der Waals surface area contributed by atoms with Crippen LogP contribution in [0.15, 0.2) is 0 Å². The number of alkyl halides is 1. The van der Waals surface area contributed by atoms with Crippen molar-refractivity contribution in [2.24, 2.45) is 0 Å². The Morgan fingerprint density at radius 1 is 1.88 bits per heavy atom. The van der Waals surface area contributed by atoms with E-state index in [-0.39, 0.29) is 6.61 Å². The average molecular weight is 140 g/mol. The molecule has 0 bridgehead atoms. The summed E-state index contributed by atoms with van der Waals surface area (Å²) in [6.45, 7) is -0.533. The maximum atomic E-state index is 11.5. The Balaban J connectivity index is 2.32. The van der Waals surface area contributed by atoms with Crippen LogP contribution in [-0.2, 0) is 19.7 Å². The van der Waals surface area contributed by atoms with Crippen LogP contribution < -0.4 is 0 Å². The summed E-state index contributed by atoms with van der Waals surface area (Å²) in [6.07, 6.45) is -0.615. The molecule has 48 valence electrons. The second-order valence-corrected chi connectivity index (χ2v) is 2.20. The van der Waals surface area contributed by atoms with Gasteiger partial charge in [0, 0.05) is 0 Å². The van der Waals surface area contributed by atoms with Crippen LogP contribution in [0.2, 0.25) is 0 Å². The molecular weight excluding hydrogens is 135 g/mol. The van der Waals surface area contributed by atoms with E-state index in [4.69, 9.17) is 0 Å². The van der Waals surface area contributed by atoms with Gasteiger partial charge in [-0.1, -0.05) is 0 Å². The first kappa shape index (κ1) is 6.12. The van der Waals surface area contributed by atoms with Gasteiger partial charge in [-0.05, 0) is 0 Å². The molecule has 8 heavy (non-hydrogen) atoms. The molecule has 1 saturated heterocycles. The van der Waals surface area contributed by atoms with Gasteiger partial charge in [0.25, 0.3) is 0 Å². The van der Waals surface area contributed by atoms with Gasteiger partial charge in [-0.15, -0.1) is 0 Å². The fourth-order valence-corrected chi connectivity index (χ4v) is 1.02. The van der Waals surface area contributed by atoms with Crippen molar-refractivity contribution in [2.45, 2.75) is 6.10 Å². The molecule has 5 heteroatoms. The molecule has 3 nitrogen and oxygen atoms in total. The first-order valence-corrected chi connectivity index (χ1v) is 3.11. The second kappa shape index (κ2) is 2.52. The molecule has 1 rings (SSSR count). The second-order valence-electron chi connectivity index (χ2n) is 1.36. The topological polar surface area (TPSA) is 35.5 Å². The van der Waals surface area contributed by atoms with Crippen molar-refractivity contribution in [3.8, 4) is 0 Å². The number of rotatable bonds is 1. The quantitative estimate of drug-likeness (QED) is 0.512. The third kappa shape index (κ3) is 1.24. The van der Waals surface area contributed by atoms with Gasteiger partial charge in [-0.2, -0.15) is 4.21 Å². The highest BCUT2D eigenvalue weighted by Crippen LogP contribution is 2.07. The Morgan fingerprint density at radius 3 is 2.88 bits per heavy atom. The molecule has 0 spiro atoms. The zero-order chi connectivity index (χ0) is 5.98. The van der Waals surface area contributed by atoms with E-state index >= 15 is 0 Å². The number of hydrogen-bond donors (Lipinski definition) is 0. The maximum Gasteiger partial charge on any atom is 0.305 e. The molecule has 0 aromatic rings. The largest absolute Gasteiger partial charge is 0.305 e. The molecule has 0 amide bonds. The van der Waals surface area contributed by atoms with Crippen LogP contribution in [0.1, 0.15) is 0 Å². The van der Waals surface area contributed by atoms with Crippen molar-refractivity contribution in [1.29, 1.82) is 0 Å². The first-order valence-electron chi connectivity index (χ1n) is 2.11. The van der Waals surface area contributed by atoms with Crippen LogP contribution in [-0.4, -0.2) is 23.6 Å². The highest BCUT2D eigenvalue weighted by molar-refractivity contribution is 7.75. The fourth-order valence-electron chi connectivity index (χ4n) is 0.368. The summed E-state index contributed by atoms with van der Waals surface area (Å²) < 4.78 is 30.4. The Morgan fingerprint density at radius 2 is 2.62 bits per heavy atom. The van der Waals surface area contributed by atoms with Crippen LogP contribution in [0.4, 0.5) is 4.39 Å². The lowest BCUT2D eigenvalue weighted by molar-refractivity contribution is 0.195. The summed E-state index contributed by atoms with van der Waals surface area (Å²) in [7, 11) is 0. The van der Waals surface area contributed by atoms with E-state index in [1.807, 2.05) is 0 Å². The lowest BCUT2D eigenvalue weighted by atomic mass is 10.4. The Bertz CT molecular complexity index is 107. The molecule has 1 fully saturated rings. The monoisotopic (exact) mass is 140 g/mol. The zero-order valence-corrected chi connectivity index (χ0v) is 4.82. The Hall–Kier alpha value is -0.0000000000000000486. The predicted octanol–water partition coefficient (Wildman–Crippen LogP) is -0.0500. The average Bonchev–Trinajstić information content (AvgIpc) is 2.14. The maximum absolute atomic E-state index is 11.5. The zero-order valence-electron chi connectivity index (χ0n) is 4.00. The molecule has 0 radical (unpaired) electrons. The van der Waals surface area contributed by atoms with Gasteiger partial charge in [-0.25, -0.2) is 4.39 Å². The lowest BCUT2D eigenvalue weighted by Gasteiger charge is -1.93. The van der Waals surface area contributed by atoms with Crippen molar-refractivity contribution in [2.75, 3.05) is 13.3 Å². The SMILES string of the molecule is O=[S@]1OC[C@H](CF)O1. The highest BCUT2D eigenvalue weighted by Gasteiger charge is 2.22. The van der Waals surface area contributed by atoms with Crippen molar-refractivity contribution in [1.82, 2.24) is 0 Å². The standard InChI is InChI=1S/C3H5FO3S/c4-1-3-2-6-8(5)7-3/h3H,1-2H2/t3-,8-/m0/s1. The summed E-state index contributed by atoms with van der Waals surface area (Å²) >= 11 is -1.69. The molecule has 1 aliphatic rings. The van der Waals surface area contributed by atoms with Crippen LogP contribution in [0.5, 0.6) is 0 Å². The van der Waals surface area contributed by atoms with Crippen molar-refractivity contribution >= 4 is 11.4 Å². The molecule has 1 heterocycles. The fraction of sp³-hybridized carbons (Fsp3) is 1.00. The minimum absolute atomic E-state index is 0.100. The smallest absolute Gasteiger partial charge is 0.266 e. The summed E-state index contributed by atoms with van der Waals surface area (Å²) in [4.78, 5) is 0. The molecular formula is C3H5FO3S. The van der Waals surface area contributed by atoms with Gasteiger partial charge in [0.15, 0.2) is 0 Å². The van der Waals surface area contributed by atoms with E-state index < -0.39 is 24.1 Å². The van der Waals surface area contributed by atoms with E-state index in [2.05, 4.69) is 8.37 Å². The summed E-state index contributed by atoms with van der Waals surface area (Å²) in [5.74, 6) is 0. The summed E-state index contributed by atoms with van der Waals surface area (Å²) in [5.41, 5.74) is 0. The third-order valence-corrected chi connectivity index (χ3v) is 1.49. The summed E-state index contributed by atoms with van der Waals surface area (Å²) in [6, 6.07) is 0. The van der Waals surface area contributed by atoms with Gasteiger partial charge >= 0.3 is 11.4 Å². The molecule has 0 aromatic heterocycles. The predicted molar refractivity (Wildman–Crippen MR) is 24.9 cm³/mol. The molecule has 0 aromatic carbocycles. The van der Waals surface area contributed by atoms with Crippen molar-refractivity contribution in [3.63, 3.8) is 0 Å². The van der Waals surface area contributed by atoms with E-state index in [1.54, 1.807) is 0 Å². The molecule has 2 atom stereocenters. The molecule has 0 N–H and O–H groups in total. The van der Waals surface area contributed by atoms with Gasteiger partial charge in [-0.3, -0.25) is 8.37 Å². The molecule has 0 unspecified atom stereocenters. The van der Waals surface area contributed by atoms with Gasteiger partial charge in [0.1, 0.15) is 12.8 Å². The number of hydrogen-bond acceptors (Lipinski definition) is 3. The van der Waals surface area contributed by atoms with Crippen molar-refractivity contribution in [3.05, 3.63) is 0 Å². The summed E-state index contributed by atoms with van der Waals surface area (Å²) in [5, 5.41) is 0. The Labute approximate surface area is 48.6 Å². The van der Waals surface area contributed by atoms with Gasteiger partial charge < -0.3 is 0 Å². The highest BCUT2D eigenvalue weighted by atomic mass is 32.2. The van der Waals surface area contributed by atoms with E-state index in [0.29, 0.717) is 0 Å². The van der Waals surface area contributed by atoms with Crippen molar-refractivity contribution < 1.29 is 17.0 Å². The van der Waals surface area contributed by atoms with E-state index in [0.717, 1.165) is 0 Å². The van der Waals surface area contributed by atoms with E-state index in [1.165, 1.54) is 0 Å². The number of halogens is 1. The van der Waals surface area contributed by atoms with Crippen LogP contribution in [0, 0.1) is 0 Å². The minimum atomic E-state index is -1.69. The lowest BCUT2D eigenvalue weighted by Crippen LogP contribution is -2.10. The molecule has 0 aliphatic carbocycles. The van der Waals surface area contributed by atoms with Crippen LogP contribution in [0.25, 0.3) is 0 Å². The Kier molecular flexibility index (Phi) is 1.93. The normalized spacial score (nSPS) is 38.1. The first-order chi connectivity index (χ1) is 3.83. The van der Waals surface area contributed by atoms with Gasteiger partial charge in [0.2, 0.25) is 0 Å². The van der Waals surface area contributed by atoms with Crippen LogP contribution >= 0.6 is 0 Å². The molecule has 1 aliphatic heterocycles. The minimum Gasteiger partial charge on any atom is -0.266 e. The van der Waals surface area contributed by atoms with Crippen LogP contribution in [0.3, 0.4) is 0 Å². The molecule has 0 saturated carbocycles. The van der Waals surface area contributed by atoms with Gasteiger partial charge in [0.05, 0.1) is 6.61 Å².